The molecule has 2 aromatic carbocycles. The highest BCUT2D eigenvalue weighted by atomic mass is 79.9. The van der Waals surface area contributed by atoms with E-state index in [1.807, 2.05) is 13.8 Å². The van der Waals surface area contributed by atoms with Gasteiger partial charge in [0.1, 0.15) is 0 Å². The highest BCUT2D eigenvalue weighted by Gasteiger charge is 2.38. The number of benzene rings is 2. The number of nitro benzene ring substituents is 2. The molecule has 0 fully saturated rings. The fourth-order valence-corrected chi connectivity index (χ4v) is 7.44. The van der Waals surface area contributed by atoms with Crippen LogP contribution in [0.3, 0.4) is 0 Å². The van der Waals surface area contributed by atoms with E-state index in [0.29, 0.717) is 58.1 Å². The van der Waals surface area contributed by atoms with Gasteiger partial charge in [-0.3, -0.25) is 30.4 Å². The van der Waals surface area contributed by atoms with E-state index in [-0.39, 0.29) is 31.5 Å². The van der Waals surface area contributed by atoms with E-state index in [2.05, 4.69) is 69.8 Å². The van der Waals surface area contributed by atoms with Crippen molar-refractivity contribution in [3.63, 3.8) is 0 Å². The number of aromatic nitrogens is 4. The summed E-state index contributed by atoms with van der Waals surface area (Å²) in [4.78, 5) is 45.5. The van der Waals surface area contributed by atoms with Crippen LogP contribution in [-0.2, 0) is 9.59 Å². The van der Waals surface area contributed by atoms with Crippen LogP contribution >= 0.6 is 31.9 Å². The minimum Gasteiger partial charge on any atom is -0.478 e. The van der Waals surface area contributed by atoms with Gasteiger partial charge in [-0.25, -0.2) is 9.59 Å². The number of rotatable bonds is 10. The fourth-order valence-electron chi connectivity index (χ4n) is 6.17. The lowest BCUT2D eigenvalue weighted by molar-refractivity contribution is -0.385. The lowest BCUT2D eigenvalue weighted by Crippen LogP contribution is -2.23. The average Bonchev–Trinajstić information content (AvgIpc) is 3.78. The molecular formula is C34H35Br2N8O8. The number of nitrogens with one attached hydrogen (secondary N) is 4. The number of hydrogen-bond donors (Lipinski definition) is 6. The zero-order valence-electron chi connectivity index (χ0n) is 28.2. The predicted molar refractivity (Wildman–Crippen MR) is 200 cm³/mol. The maximum Gasteiger partial charge on any atom is 0.334 e. The first-order chi connectivity index (χ1) is 24.9. The summed E-state index contributed by atoms with van der Waals surface area (Å²) < 4.78 is 0.544. The summed E-state index contributed by atoms with van der Waals surface area (Å²) in [7, 11) is 0. The van der Waals surface area contributed by atoms with Crippen LogP contribution < -0.4 is 10.6 Å². The van der Waals surface area contributed by atoms with Crippen molar-refractivity contribution in [2.45, 2.75) is 58.3 Å². The van der Waals surface area contributed by atoms with E-state index in [1.165, 1.54) is 12.1 Å². The largest absolute Gasteiger partial charge is 0.478 e. The second kappa shape index (κ2) is 17.2. The number of nitrogens with zero attached hydrogens (tertiary/aromatic N) is 4. The molecule has 273 valence electrons. The fraction of sp³-hybridized carbons (Fsp3) is 0.265. The van der Waals surface area contributed by atoms with Crippen LogP contribution in [0.4, 0.5) is 23.0 Å². The van der Waals surface area contributed by atoms with Gasteiger partial charge in [-0.2, -0.15) is 10.2 Å². The van der Waals surface area contributed by atoms with Gasteiger partial charge in [-0.05, 0) is 55.8 Å². The first-order valence-corrected chi connectivity index (χ1v) is 17.6. The number of carbonyl (C=O) groups is 2. The van der Waals surface area contributed by atoms with Crippen LogP contribution in [0.15, 0.2) is 80.3 Å². The van der Waals surface area contributed by atoms with Gasteiger partial charge in [0.25, 0.3) is 11.4 Å². The van der Waals surface area contributed by atoms with Crippen molar-refractivity contribution < 1.29 is 29.6 Å². The number of anilines is 2. The zero-order valence-corrected chi connectivity index (χ0v) is 31.4. The van der Waals surface area contributed by atoms with Crippen molar-refractivity contribution in [3.8, 4) is 0 Å². The second-order valence-corrected chi connectivity index (χ2v) is 12.9. The average molecular weight is 844 g/mol. The van der Waals surface area contributed by atoms with Crippen molar-refractivity contribution in [2.24, 2.45) is 0 Å². The molecule has 2 aromatic heterocycles. The number of nitro groups is 2. The number of carboxylic acid groups (broad SMARTS) is 2. The molecule has 6 N–H and O–H groups in total. The van der Waals surface area contributed by atoms with Gasteiger partial charge in [0.05, 0.1) is 29.9 Å². The van der Waals surface area contributed by atoms with Crippen LogP contribution in [0, 0.1) is 27.2 Å². The molecule has 52 heavy (non-hydrogen) atoms. The highest BCUT2D eigenvalue weighted by molar-refractivity contribution is 9.11. The highest BCUT2D eigenvalue weighted by Crippen LogP contribution is 2.47. The van der Waals surface area contributed by atoms with Gasteiger partial charge in [0.2, 0.25) is 0 Å². The molecule has 2 aliphatic rings. The molecule has 0 spiro atoms. The number of halogens is 2. The van der Waals surface area contributed by atoms with Crippen LogP contribution in [0.2, 0.25) is 0 Å². The minimum atomic E-state index is -1.06. The predicted octanol–water partition coefficient (Wildman–Crippen LogP) is 8.39. The molecule has 1 radical (unpaired) electrons. The molecule has 0 amide bonds. The zero-order chi connectivity index (χ0) is 38.3. The van der Waals surface area contributed by atoms with E-state index in [1.54, 1.807) is 43.6 Å². The normalized spacial score (nSPS) is 15.8. The van der Waals surface area contributed by atoms with E-state index in [4.69, 9.17) is 0 Å². The SMILES string of the molecule is CCCC1=C(C(=O)O)C(c2cccc([N+](=O)[O-])c2Br)c2c[nH]nc2N1.CCCC1=C(C(=O)O)C(c2cccc([N+](=O)[O-])c2Br)c2c[nH]nc2N1.[CH2]C. The van der Waals surface area contributed by atoms with Gasteiger partial charge in [0.15, 0.2) is 11.6 Å². The minimum absolute atomic E-state index is 0.108. The van der Waals surface area contributed by atoms with Gasteiger partial charge in [0, 0.05) is 58.9 Å². The summed E-state index contributed by atoms with van der Waals surface area (Å²) in [6.07, 6.45) is 5.81. The summed E-state index contributed by atoms with van der Waals surface area (Å²) in [5.41, 5.74) is 3.58. The lowest BCUT2D eigenvalue weighted by Gasteiger charge is -2.27. The molecular weight excluding hydrogens is 808 g/mol. The second-order valence-electron chi connectivity index (χ2n) is 11.3. The molecule has 16 nitrogen and oxygen atoms in total. The van der Waals surface area contributed by atoms with Crippen LogP contribution in [0.1, 0.15) is 80.5 Å². The number of aliphatic carboxylic acids is 2. The Morgan fingerprint density at radius 2 is 1.10 bits per heavy atom. The maximum absolute atomic E-state index is 12.0. The Morgan fingerprint density at radius 1 is 0.731 bits per heavy atom. The molecule has 18 heteroatoms. The Balaban J connectivity index is 0.000000222. The van der Waals surface area contributed by atoms with Crippen molar-refractivity contribution in [2.75, 3.05) is 10.6 Å². The monoisotopic (exact) mass is 841 g/mol. The standard InChI is InChI=1S/2C16H15BrN4O4.C2H5/c2*1-2-4-10-13(16(22)23)12(9-7-18-20-15(9)19-10)8-5-3-6-11(14(8)17)21(24)25;1-2/h2*3,5-7,12H,2,4H2,1H3,(H,22,23)(H2,18,19,20);1H2,2H3. The van der Waals surface area contributed by atoms with Gasteiger partial charge in [-0.1, -0.05) is 64.8 Å². The summed E-state index contributed by atoms with van der Waals surface area (Å²) >= 11 is 6.57. The van der Waals surface area contributed by atoms with E-state index in [9.17, 15) is 40.0 Å². The van der Waals surface area contributed by atoms with E-state index in [0.717, 1.165) is 12.8 Å². The van der Waals surface area contributed by atoms with E-state index < -0.39 is 33.6 Å². The molecule has 2 unspecified atom stereocenters. The molecule has 0 saturated heterocycles. The first-order valence-electron chi connectivity index (χ1n) is 16.0. The third-order valence-electron chi connectivity index (χ3n) is 8.22. The number of fused-ring (bicyclic) bond motifs is 2. The van der Waals surface area contributed by atoms with Crippen LogP contribution in [-0.4, -0.2) is 52.4 Å². The molecule has 6 rings (SSSR count). The molecule has 4 aromatic rings. The van der Waals surface area contributed by atoms with Crippen LogP contribution in [0.5, 0.6) is 0 Å². The van der Waals surface area contributed by atoms with Crippen molar-refractivity contribution in [3.05, 3.63) is 130 Å². The molecule has 2 atom stereocenters. The smallest absolute Gasteiger partial charge is 0.334 e. The summed E-state index contributed by atoms with van der Waals surface area (Å²) in [5.74, 6) is -2.38. The van der Waals surface area contributed by atoms with Gasteiger partial charge < -0.3 is 20.8 Å². The van der Waals surface area contributed by atoms with E-state index >= 15 is 0 Å². The summed E-state index contributed by atoms with van der Waals surface area (Å²) in [6.45, 7) is 8.90. The number of allylic oxidation sites excluding steroid dienone is 2. The quantitative estimate of drug-likeness (QED) is 0.0651. The maximum atomic E-state index is 12.0. The van der Waals surface area contributed by atoms with Gasteiger partial charge >= 0.3 is 11.9 Å². The van der Waals surface area contributed by atoms with Crippen molar-refractivity contribution >= 4 is 66.8 Å². The Morgan fingerprint density at radius 3 is 1.40 bits per heavy atom. The third kappa shape index (κ3) is 7.76. The molecule has 0 bridgehead atoms. The Hall–Kier alpha value is -5.36. The number of H-pyrrole nitrogens is 2. The summed E-state index contributed by atoms with van der Waals surface area (Å²) in [6, 6.07) is 9.24. The van der Waals surface area contributed by atoms with Gasteiger partial charge in [-0.15, -0.1) is 0 Å². The Labute approximate surface area is 314 Å². The van der Waals surface area contributed by atoms with Crippen molar-refractivity contribution in [1.29, 1.82) is 0 Å². The number of hydrogen-bond acceptors (Lipinski definition) is 10. The van der Waals surface area contributed by atoms with Crippen molar-refractivity contribution in [1.82, 2.24) is 20.4 Å². The lowest BCUT2D eigenvalue weighted by atomic mass is 9.82. The molecule has 0 aliphatic carbocycles. The molecule has 4 heterocycles. The molecule has 0 saturated carbocycles. The topological polar surface area (TPSA) is 242 Å². The summed E-state index contributed by atoms with van der Waals surface area (Å²) in [5, 5.41) is 62.0. The molecule has 2 aliphatic heterocycles. The number of carboxylic acids is 2. The van der Waals surface area contributed by atoms with Crippen LogP contribution in [0.25, 0.3) is 0 Å². The number of aromatic amines is 2. The Bertz CT molecular complexity index is 1930. The third-order valence-corrected chi connectivity index (χ3v) is 9.95. The Kier molecular flexibility index (Phi) is 13.1. The first kappa shape index (κ1) is 39.4.